The van der Waals surface area contributed by atoms with E-state index in [0.717, 1.165) is 11.6 Å². The molecule has 1 aromatic heterocycles. The number of hydrogen-bond acceptors (Lipinski definition) is 3. The van der Waals surface area contributed by atoms with E-state index < -0.39 is 0 Å². The number of benzene rings is 1. The molecule has 0 aliphatic carbocycles. The smallest absolute Gasteiger partial charge is 0.220 e. The first-order chi connectivity index (χ1) is 9.75. The topological polar surface area (TPSA) is 56.2 Å². The highest BCUT2D eigenvalue weighted by atomic mass is 16.5. The molecule has 0 atom stereocenters. The van der Waals surface area contributed by atoms with Crippen LogP contribution in [0.3, 0.4) is 0 Å². The Hall–Kier alpha value is -2.30. The maximum atomic E-state index is 11.7. The van der Waals surface area contributed by atoms with Gasteiger partial charge in [0.2, 0.25) is 5.91 Å². The van der Waals surface area contributed by atoms with Crippen LogP contribution in [-0.2, 0) is 18.4 Å². The molecule has 106 valence electrons. The molecule has 0 aliphatic rings. The number of para-hydroxylation sites is 1. The van der Waals surface area contributed by atoms with Gasteiger partial charge < -0.3 is 14.6 Å². The monoisotopic (exact) mass is 273 g/mol. The molecule has 0 saturated carbocycles. The SMILES string of the molecule is Cn1ccnc1CNC(=O)CCCOc1ccccc1. The number of carbonyl (C=O) groups excluding carboxylic acids is 1. The van der Waals surface area contributed by atoms with Gasteiger partial charge in [0.15, 0.2) is 0 Å². The van der Waals surface area contributed by atoms with Crippen molar-refractivity contribution in [3.05, 3.63) is 48.5 Å². The summed E-state index contributed by atoms with van der Waals surface area (Å²) in [7, 11) is 1.90. The molecule has 5 heteroatoms. The van der Waals surface area contributed by atoms with Crippen molar-refractivity contribution in [3.63, 3.8) is 0 Å². The summed E-state index contributed by atoms with van der Waals surface area (Å²) < 4.78 is 7.42. The molecule has 0 saturated heterocycles. The van der Waals surface area contributed by atoms with Crippen molar-refractivity contribution in [1.82, 2.24) is 14.9 Å². The lowest BCUT2D eigenvalue weighted by Gasteiger charge is -2.07. The van der Waals surface area contributed by atoms with Crippen LogP contribution in [0, 0.1) is 0 Å². The van der Waals surface area contributed by atoms with E-state index >= 15 is 0 Å². The summed E-state index contributed by atoms with van der Waals surface area (Å²) >= 11 is 0. The molecule has 0 fully saturated rings. The Morgan fingerprint density at radius 1 is 1.35 bits per heavy atom. The molecule has 0 bridgehead atoms. The Labute approximate surface area is 118 Å². The van der Waals surface area contributed by atoms with Crippen LogP contribution >= 0.6 is 0 Å². The molecular weight excluding hydrogens is 254 g/mol. The normalized spacial score (nSPS) is 10.2. The van der Waals surface area contributed by atoms with E-state index in [0.29, 0.717) is 26.0 Å². The number of rotatable bonds is 7. The van der Waals surface area contributed by atoms with Gasteiger partial charge in [-0.2, -0.15) is 0 Å². The molecule has 1 N–H and O–H groups in total. The van der Waals surface area contributed by atoms with Crippen molar-refractivity contribution < 1.29 is 9.53 Å². The summed E-state index contributed by atoms with van der Waals surface area (Å²) in [5, 5.41) is 2.85. The van der Waals surface area contributed by atoms with Crippen molar-refractivity contribution in [1.29, 1.82) is 0 Å². The molecule has 0 aliphatic heterocycles. The van der Waals surface area contributed by atoms with Crippen molar-refractivity contribution in [2.75, 3.05) is 6.61 Å². The molecule has 20 heavy (non-hydrogen) atoms. The number of nitrogens with zero attached hydrogens (tertiary/aromatic N) is 2. The first kappa shape index (κ1) is 14.1. The number of amides is 1. The van der Waals surface area contributed by atoms with Crippen LogP contribution in [0.5, 0.6) is 5.75 Å². The fraction of sp³-hybridized carbons (Fsp3) is 0.333. The lowest BCUT2D eigenvalue weighted by Crippen LogP contribution is -2.24. The second-order valence-corrected chi connectivity index (χ2v) is 4.50. The van der Waals surface area contributed by atoms with E-state index in [1.54, 1.807) is 6.20 Å². The van der Waals surface area contributed by atoms with Crippen LogP contribution in [0.4, 0.5) is 0 Å². The lowest BCUT2D eigenvalue weighted by molar-refractivity contribution is -0.121. The number of hydrogen-bond donors (Lipinski definition) is 1. The Kier molecular flexibility index (Phi) is 5.17. The van der Waals surface area contributed by atoms with Gasteiger partial charge in [0, 0.05) is 25.9 Å². The predicted molar refractivity (Wildman–Crippen MR) is 76.2 cm³/mol. The van der Waals surface area contributed by atoms with Gasteiger partial charge in [-0.05, 0) is 18.6 Å². The summed E-state index contributed by atoms with van der Waals surface area (Å²) in [4.78, 5) is 15.8. The maximum absolute atomic E-state index is 11.7. The quantitative estimate of drug-likeness (QED) is 0.784. The van der Waals surface area contributed by atoms with Crippen LogP contribution in [0.1, 0.15) is 18.7 Å². The standard InChI is InChI=1S/C15H19N3O2/c1-18-10-9-16-14(18)12-17-15(19)8-5-11-20-13-6-3-2-4-7-13/h2-4,6-7,9-10H,5,8,11-12H2,1H3,(H,17,19). The number of nitrogens with one attached hydrogen (secondary N) is 1. The molecule has 0 unspecified atom stereocenters. The molecule has 0 spiro atoms. The van der Waals surface area contributed by atoms with Crippen LogP contribution in [0.2, 0.25) is 0 Å². The van der Waals surface area contributed by atoms with E-state index in [2.05, 4.69) is 10.3 Å². The first-order valence-corrected chi connectivity index (χ1v) is 6.66. The second-order valence-electron chi connectivity index (χ2n) is 4.50. The van der Waals surface area contributed by atoms with Crippen molar-refractivity contribution in [2.45, 2.75) is 19.4 Å². The number of aromatic nitrogens is 2. The van der Waals surface area contributed by atoms with E-state index in [1.165, 1.54) is 0 Å². The fourth-order valence-corrected chi connectivity index (χ4v) is 1.77. The van der Waals surface area contributed by atoms with E-state index in [-0.39, 0.29) is 5.91 Å². The molecule has 2 rings (SSSR count). The molecular formula is C15H19N3O2. The van der Waals surface area contributed by atoms with Gasteiger partial charge >= 0.3 is 0 Å². The Balaban J connectivity index is 1.60. The minimum atomic E-state index is 0.0182. The van der Waals surface area contributed by atoms with Crippen LogP contribution in [0.25, 0.3) is 0 Å². The van der Waals surface area contributed by atoms with Gasteiger partial charge in [-0.1, -0.05) is 18.2 Å². The maximum Gasteiger partial charge on any atom is 0.220 e. The number of ether oxygens (including phenoxy) is 1. The van der Waals surface area contributed by atoms with Crippen molar-refractivity contribution in [3.8, 4) is 5.75 Å². The molecule has 1 heterocycles. The average molecular weight is 273 g/mol. The summed E-state index contributed by atoms with van der Waals surface area (Å²) in [6.45, 7) is 1.00. The van der Waals surface area contributed by atoms with Crippen molar-refractivity contribution in [2.24, 2.45) is 7.05 Å². The summed E-state index contributed by atoms with van der Waals surface area (Å²) in [5.41, 5.74) is 0. The number of aryl methyl sites for hydroxylation is 1. The average Bonchev–Trinajstić information content (AvgIpc) is 2.88. The lowest BCUT2D eigenvalue weighted by atomic mass is 10.3. The molecule has 1 amide bonds. The summed E-state index contributed by atoms with van der Waals surface area (Å²) in [6.07, 6.45) is 4.73. The zero-order chi connectivity index (χ0) is 14.2. The van der Waals surface area contributed by atoms with Gasteiger partial charge in [0.1, 0.15) is 11.6 Å². The molecule has 0 radical (unpaired) electrons. The minimum Gasteiger partial charge on any atom is -0.494 e. The third-order valence-corrected chi connectivity index (χ3v) is 2.92. The van der Waals surface area contributed by atoms with Gasteiger partial charge in [0.05, 0.1) is 13.2 Å². The Morgan fingerprint density at radius 2 is 2.15 bits per heavy atom. The van der Waals surface area contributed by atoms with Gasteiger partial charge in [-0.15, -0.1) is 0 Å². The minimum absolute atomic E-state index is 0.0182. The van der Waals surface area contributed by atoms with Gasteiger partial charge in [-0.25, -0.2) is 4.98 Å². The van der Waals surface area contributed by atoms with Crippen LogP contribution in [0.15, 0.2) is 42.7 Å². The van der Waals surface area contributed by atoms with E-state index in [9.17, 15) is 4.79 Å². The molecule has 2 aromatic rings. The number of carbonyl (C=O) groups is 1. The van der Waals surface area contributed by atoms with Gasteiger partial charge in [0.25, 0.3) is 0 Å². The summed E-state index contributed by atoms with van der Waals surface area (Å²) in [5.74, 6) is 1.70. The van der Waals surface area contributed by atoms with E-state index in [1.807, 2.05) is 48.1 Å². The Bertz CT molecular complexity index is 537. The number of imidazole rings is 1. The Morgan fingerprint density at radius 3 is 2.85 bits per heavy atom. The molecule has 5 nitrogen and oxygen atoms in total. The van der Waals surface area contributed by atoms with E-state index in [4.69, 9.17) is 4.74 Å². The zero-order valence-electron chi connectivity index (χ0n) is 11.6. The highest BCUT2D eigenvalue weighted by Crippen LogP contribution is 2.08. The molecule has 1 aromatic carbocycles. The van der Waals surface area contributed by atoms with Gasteiger partial charge in [-0.3, -0.25) is 4.79 Å². The first-order valence-electron chi connectivity index (χ1n) is 6.66. The predicted octanol–water partition coefficient (Wildman–Crippen LogP) is 1.90. The third-order valence-electron chi connectivity index (χ3n) is 2.92. The van der Waals surface area contributed by atoms with Crippen LogP contribution in [-0.4, -0.2) is 22.1 Å². The fourth-order valence-electron chi connectivity index (χ4n) is 1.77. The third kappa shape index (κ3) is 4.42. The summed E-state index contributed by atoms with van der Waals surface area (Å²) in [6, 6.07) is 9.60. The zero-order valence-corrected chi connectivity index (χ0v) is 11.6. The second kappa shape index (κ2) is 7.33. The largest absolute Gasteiger partial charge is 0.494 e. The highest BCUT2D eigenvalue weighted by Gasteiger charge is 2.04. The van der Waals surface area contributed by atoms with Crippen molar-refractivity contribution >= 4 is 5.91 Å². The van der Waals surface area contributed by atoms with Crippen LogP contribution < -0.4 is 10.1 Å². The highest BCUT2D eigenvalue weighted by molar-refractivity contribution is 5.75.